The number of hydrogen-bond donors (Lipinski definition) is 2. The predicted molar refractivity (Wildman–Crippen MR) is 82.4 cm³/mol. The fourth-order valence-corrected chi connectivity index (χ4v) is 3.55. The maximum Gasteiger partial charge on any atom is 0.0613 e. The van der Waals surface area contributed by atoms with Crippen LogP contribution in [0, 0.1) is 5.92 Å². The summed E-state index contributed by atoms with van der Waals surface area (Å²) in [6.45, 7) is 13.7. The molecule has 2 N–H and O–H groups in total. The van der Waals surface area contributed by atoms with Crippen molar-refractivity contribution in [1.82, 2.24) is 10.2 Å². The van der Waals surface area contributed by atoms with Gasteiger partial charge < -0.3 is 10.4 Å². The molecule has 0 saturated heterocycles. The van der Waals surface area contributed by atoms with Gasteiger partial charge in [0.15, 0.2) is 0 Å². The van der Waals surface area contributed by atoms with Crippen LogP contribution in [0.15, 0.2) is 0 Å². The van der Waals surface area contributed by atoms with E-state index < -0.39 is 0 Å². The third-order valence-electron chi connectivity index (χ3n) is 4.38. The van der Waals surface area contributed by atoms with E-state index in [-0.39, 0.29) is 12.1 Å². The molecule has 0 aromatic carbocycles. The molecule has 0 aromatic heterocycles. The number of rotatable bonds is 7. The maximum atomic E-state index is 9.81. The molecule has 0 amide bonds. The fraction of sp³-hybridized carbons (Fsp3) is 1.00. The first-order chi connectivity index (χ1) is 8.94. The third-order valence-corrected chi connectivity index (χ3v) is 4.38. The molecule has 1 rings (SSSR count). The number of likely N-dealkylation sites (N-methyl/N-ethyl adjacent to an activating group) is 1. The minimum absolute atomic E-state index is 0.0399. The van der Waals surface area contributed by atoms with Crippen molar-refractivity contribution in [2.75, 3.05) is 19.7 Å². The van der Waals surface area contributed by atoms with Gasteiger partial charge in [0.2, 0.25) is 0 Å². The zero-order valence-electron chi connectivity index (χ0n) is 13.6. The van der Waals surface area contributed by atoms with Gasteiger partial charge in [0.1, 0.15) is 0 Å². The lowest BCUT2D eigenvalue weighted by Gasteiger charge is -2.46. The smallest absolute Gasteiger partial charge is 0.0613 e. The van der Waals surface area contributed by atoms with E-state index in [2.05, 4.69) is 44.8 Å². The molecule has 0 aromatic rings. The maximum absolute atomic E-state index is 9.81. The number of aliphatic hydroxyl groups is 1. The number of nitrogens with zero attached hydrogens (tertiary/aromatic N) is 1. The Morgan fingerprint density at radius 1 is 1.32 bits per heavy atom. The minimum atomic E-state index is -0.0399. The van der Waals surface area contributed by atoms with Crippen molar-refractivity contribution >= 4 is 0 Å². The van der Waals surface area contributed by atoms with Gasteiger partial charge in [-0.1, -0.05) is 20.8 Å². The van der Waals surface area contributed by atoms with Crippen LogP contribution in [0.4, 0.5) is 0 Å². The van der Waals surface area contributed by atoms with E-state index in [1.54, 1.807) is 0 Å². The van der Waals surface area contributed by atoms with E-state index in [0.29, 0.717) is 18.0 Å². The summed E-state index contributed by atoms with van der Waals surface area (Å²) in [5.74, 6) is 0.701. The van der Waals surface area contributed by atoms with E-state index in [0.717, 1.165) is 25.9 Å². The minimum Gasteiger partial charge on any atom is -0.394 e. The summed E-state index contributed by atoms with van der Waals surface area (Å²) in [4.78, 5) is 2.64. The Labute approximate surface area is 119 Å². The normalized spacial score (nSPS) is 28.6. The first kappa shape index (κ1) is 16.9. The molecule has 0 bridgehead atoms. The fourth-order valence-electron chi connectivity index (χ4n) is 3.55. The highest BCUT2D eigenvalue weighted by molar-refractivity contribution is 4.96. The monoisotopic (exact) mass is 270 g/mol. The Morgan fingerprint density at radius 3 is 2.47 bits per heavy atom. The lowest BCUT2D eigenvalue weighted by molar-refractivity contribution is 0.0401. The lowest BCUT2D eigenvalue weighted by Crippen LogP contribution is -2.57. The summed E-state index contributed by atoms with van der Waals surface area (Å²) in [5.41, 5.74) is -0.0399. The van der Waals surface area contributed by atoms with Gasteiger partial charge in [-0.3, -0.25) is 4.90 Å². The topological polar surface area (TPSA) is 35.5 Å². The Hall–Kier alpha value is -0.120. The molecule has 2 unspecified atom stereocenters. The number of aliphatic hydroxyl groups excluding tert-OH is 1. The van der Waals surface area contributed by atoms with Gasteiger partial charge in [-0.25, -0.2) is 0 Å². The standard InChI is InChI=1S/C16H34N2O/c1-6-17-16(12-19)9-7-8-15(10-16)18(14(4)5)11-13(2)3/h13-15,17,19H,6-12H2,1-5H3. The van der Waals surface area contributed by atoms with Crippen molar-refractivity contribution in [2.24, 2.45) is 5.92 Å². The lowest BCUT2D eigenvalue weighted by atomic mass is 9.78. The summed E-state index contributed by atoms with van der Waals surface area (Å²) < 4.78 is 0. The summed E-state index contributed by atoms with van der Waals surface area (Å²) in [5, 5.41) is 13.4. The quantitative estimate of drug-likeness (QED) is 0.746. The van der Waals surface area contributed by atoms with Crippen LogP contribution >= 0.6 is 0 Å². The molecule has 0 spiro atoms. The van der Waals surface area contributed by atoms with Crippen LogP contribution in [0.3, 0.4) is 0 Å². The Balaban J connectivity index is 2.74. The van der Waals surface area contributed by atoms with Crippen molar-refractivity contribution in [2.45, 2.75) is 77.9 Å². The van der Waals surface area contributed by atoms with Gasteiger partial charge in [-0.05, 0) is 52.0 Å². The third kappa shape index (κ3) is 4.73. The van der Waals surface area contributed by atoms with E-state index >= 15 is 0 Å². The Morgan fingerprint density at radius 2 is 2.00 bits per heavy atom. The molecule has 3 nitrogen and oxygen atoms in total. The van der Waals surface area contributed by atoms with Crippen molar-refractivity contribution in [3.63, 3.8) is 0 Å². The van der Waals surface area contributed by atoms with Crippen LogP contribution in [0.2, 0.25) is 0 Å². The molecule has 1 aliphatic rings. The second-order valence-electron chi connectivity index (χ2n) is 6.90. The van der Waals surface area contributed by atoms with Crippen molar-refractivity contribution in [3.8, 4) is 0 Å². The van der Waals surface area contributed by atoms with Gasteiger partial charge in [0.05, 0.1) is 6.61 Å². The van der Waals surface area contributed by atoms with Crippen molar-refractivity contribution in [3.05, 3.63) is 0 Å². The van der Waals surface area contributed by atoms with Crippen LogP contribution in [0.1, 0.15) is 60.3 Å². The van der Waals surface area contributed by atoms with Crippen molar-refractivity contribution in [1.29, 1.82) is 0 Å². The summed E-state index contributed by atoms with van der Waals surface area (Å²) in [6.07, 6.45) is 4.70. The molecule has 1 fully saturated rings. The second kappa shape index (κ2) is 7.61. The van der Waals surface area contributed by atoms with Crippen LogP contribution in [0.25, 0.3) is 0 Å². The average Bonchev–Trinajstić information content (AvgIpc) is 2.36. The van der Waals surface area contributed by atoms with E-state index in [4.69, 9.17) is 0 Å². The van der Waals surface area contributed by atoms with Gasteiger partial charge in [-0.2, -0.15) is 0 Å². The van der Waals surface area contributed by atoms with Crippen LogP contribution in [-0.2, 0) is 0 Å². The highest BCUT2D eigenvalue weighted by atomic mass is 16.3. The van der Waals surface area contributed by atoms with Gasteiger partial charge in [-0.15, -0.1) is 0 Å². The number of nitrogens with one attached hydrogen (secondary N) is 1. The van der Waals surface area contributed by atoms with Gasteiger partial charge >= 0.3 is 0 Å². The first-order valence-electron chi connectivity index (χ1n) is 8.05. The molecular formula is C16H34N2O. The van der Waals surface area contributed by atoms with Crippen LogP contribution in [-0.4, -0.2) is 47.3 Å². The summed E-state index contributed by atoms with van der Waals surface area (Å²) in [7, 11) is 0. The summed E-state index contributed by atoms with van der Waals surface area (Å²) in [6, 6.07) is 1.20. The molecular weight excluding hydrogens is 236 g/mol. The SMILES string of the molecule is CCNC1(CO)CCCC(N(CC(C)C)C(C)C)C1. The molecule has 19 heavy (non-hydrogen) atoms. The molecule has 0 heterocycles. The van der Waals surface area contributed by atoms with Crippen molar-refractivity contribution < 1.29 is 5.11 Å². The molecule has 0 radical (unpaired) electrons. The largest absolute Gasteiger partial charge is 0.394 e. The molecule has 1 saturated carbocycles. The molecule has 1 aliphatic carbocycles. The highest BCUT2D eigenvalue weighted by Gasteiger charge is 2.37. The molecule has 2 atom stereocenters. The van der Waals surface area contributed by atoms with Gasteiger partial charge in [0.25, 0.3) is 0 Å². The van der Waals surface area contributed by atoms with Crippen LogP contribution < -0.4 is 5.32 Å². The van der Waals surface area contributed by atoms with E-state index in [1.165, 1.54) is 12.8 Å². The van der Waals surface area contributed by atoms with E-state index in [1.807, 2.05) is 0 Å². The zero-order valence-corrected chi connectivity index (χ0v) is 13.6. The van der Waals surface area contributed by atoms with Gasteiger partial charge in [0, 0.05) is 24.2 Å². The second-order valence-corrected chi connectivity index (χ2v) is 6.90. The zero-order chi connectivity index (χ0) is 14.5. The Bertz CT molecular complexity index is 251. The first-order valence-corrected chi connectivity index (χ1v) is 8.05. The molecule has 0 aliphatic heterocycles. The molecule has 114 valence electrons. The summed E-state index contributed by atoms with van der Waals surface area (Å²) >= 11 is 0. The van der Waals surface area contributed by atoms with Crippen LogP contribution in [0.5, 0.6) is 0 Å². The predicted octanol–water partition coefficient (Wildman–Crippen LogP) is 2.64. The average molecular weight is 270 g/mol. The van der Waals surface area contributed by atoms with E-state index in [9.17, 15) is 5.11 Å². The highest BCUT2D eigenvalue weighted by Crippen LogP contribution is 2.32. The Kier molecular flexibility index (Phi) is 6.78. The molecule has 3 heteroatoms. The number of hydrogen-bond acceptors (Lipinski definition) is 3.